The van der Waals surface area contributed by atoms with Crippen LogP contribution in [0.1, 0.15) is 33.5 Å². The van der Waals surface area contributed by atoms with Crippen molar-refractivity contribution in [1.29, 1.82) is 5.41 Å². The minimum absolute atomic E-state index is 0.579. The Morgan fingerprint density at radius 1 is 1.00 bits per heavy atom. The molecular weight excluding hydrogens is 358 g/mol. The van der Waals surface area contributed by atoms with Gasteiger partial charge in [-0.1, -0.05) is 36.4 Å². The van der Waals surface area contributed by atoms with Crippen LogP contribution >= 0.6 is 0 Å². The first-order valence-corrected chi connectivity index (χ1v) is 10.3. The number of nitrogens with zero attached hydrogens (tertiary/aromatic N) is 1. The summed E-state index contributed by atoms with van der Waals surface area (Å²) >= 11 is 0. The number of benzene rings is 2. The van der Waals surface area contributed by atoms with E-state index in [9.17, 15) is 0 Å². The predicted molar refractivity (Wildman–Crippen MR) is 119 cm³/mol. The zero-order valence-electron chi connectivity index (χ0n) is 17.5. The Kier molecular flexibility index (Phi) is 5.65. The molecule has 1 aromatic heterocycles. The number of ether oxygens (including phenoxy) is 1. The van der Waals surface area contributed by atoms with Crippen LogP contribution in [0.25, 0.3) is 11.3 Å². The number of nitrogens with one attached hydrogen (secondary N) is 2. The van der Waals surface area contributed by atoms with E-state index >= 15 is 0 Å². The summed E-state index contributed by atoms with van der Waals surface area (Å²) in [4.78, 5) is 5.94. The molecule has 4 nitrogen and oxygen atoms in total. The molecule has 0 unspecified atom stereocenters. The number of rotatable bonds is 5. The minimum Gasteiger partial charge on any atom is -0.379 e. The van der Waals surface area contributed by atoms with Gasteiger partial charge in [-0.3, -0.25) is 10.3 Å². The summed E-state index contributed by atoms with van der Waals surface area (Å²) in [6, 6.07) is 17.0. The van der Waals surface area contributed by atoms with Crippen LogP contribution in [-0.4, -0.2) is 41.9 Å². The third-order valence-corrected chi connectivity index (χ3v) is 5.91. The molecule has 0 atom stereocenters. The molecule has 3 aromatic rings. The second-order valence-corrected chi connectivity index (χ2v) is 7.93. The maximum atomic E-state index is 8.80. The van der Waals surface area contributed by atoms with Gasteiger partial charge < -0.3 is 9.72 Å². The predicted octanol–water partition coefficient (Wildman–Crippen LogP) is 4.86. The highest BCUT2D eigenvalue weighted by atomic mass is 16.5. The summed E-state index contributed by atoms with van der Waals surface area (Å²) in [7, 11) is 0. The Morgan fingerprint density at radius 2 is 1.76 bits per heavy atom. The van der Waals surface area contributed by atoms with Crippen LogP contribution < -0.4 is 0 Å². The van der Waals surface area contributed by atoms with E-state index in [0.29, 0.717) is 5.71 Å². The Morgan fingerprint density at radius 3 is 2.55 bits per heavy atom. The van der Waals surface area contributed by atoms with E-state index in [4.69, 9.17) is 10.1 Å². The number of hydrogen-bond acceptors (Lipinski definition) is 3. The molecule has 0 bridgehead atoms. The molecule has 2 heterocycles. The highest BCUT2D eigenvalue weighted by Gasteiger charge is 2.16. The summed E-state index contributed by atoms with van der Waals surface area (Å²) in [5.41, 5.74) is 9.51. The van der Waals surface area contributed by atoms with Gasteiger partial charge in [-0.2, -0.15) is 0 Å². The molecule has 2 aromatic carbocycles. The van der Waals surface area contributed by atoms with Crippen LogP contribution in [0.4, 0.5) is 0 Å². The molecule has 0 amide bonds. The van der Waals surface area contributed by atoms with Gasteiger partial charge in [0.25, 0.3) is 0 Å². The van der Waals surface area contributed by atoms with Gasteiger partial charge in [0.1, 0.15) is 0 Å². The molecule has 4 rings (SSSR count). The first-order valence-electron chi connectivity index (χ1n) is 10.3. The lowest BCUT2D eigenvalue weighted by atomic mass is 9.95. The highest BCUT2D eigenvalue weighted by Crippen LogP contribution is 2.26. The average Bonchev–Trinajstić information content (AvgIpc) is 3.12. The standard InChI is InChI=1S/C25H29N3O/c1-17-6-4-9-22(18(17)2)25(26)23-15-24(27-19(23)3)21-8-5-7-20(14-21)16-28-10-12-29-13-11-28/h4-9,14-15,26-27H,10-13,16H2,1-3H3. The van der Waals surface area contributed by atoms with Crippen molar-refractivity contribution >= 4 is 5.71 Å². The van der Waals surface area contributed by atoms with Gasteiger partial charge in [0.05, 0.1) is 18.9 Å². The fourth-order valence-electron chi connectivity index (χ4n) is 3.99. The number of aryl methyl sites for hydroxylation is 2. The van der Waals surface area contributed by atoms with Gasteiger partial charge in [-0.15, -0.1) is 0 Å². The average molecular weight is 388 g/mol. The fraction of sp³-hybridized carbons (Fsp3) is 0.320. The molecule has 0 spiro atoms. The van der Waals surface area contributed by atoms with Crippen molar-refractivity contribution < 1.29 is 4.74 Å². The lowest BCUT2D eigenvalue weighted by Crippen LogP contribution is -2.35. The smallest absolute Gasteiger partial charge is 0.0705 e. The van der Waals surface area contributed by atoms with Crippen molar-refractivity contribution in [3.8, 4) is 11.3 Å². The highest BCUT2D eigenvalue weighted by molar-refractivity contribution is 6.13. The SMILES string of the molecule is Cc1cccc(C(=N)c2cc(-c3cccc(CN4CCOCC4)c3)[nH]c2C)c1C. The summed E-state index contributed by atoms with van der Waals surface area (Å²) in [5.74, 6) is 0. The Bertz CT molecular complexity index is 1030. The van der Waals surface area contributed by atoms with Crippen LogP contribution in [0.3, 0.4) is 0 Å². The van der Waals surface area contributed by atoms with Crippen molar-refractivity contribution in [2.24, 2.45) is 0 Å². The van der Waals surface area contributed by atoms with E-state index in [2.05, 4.69) is 67.1 Å². The molecule has 29 heavy (non-hydrogen) atoms. The van der Waals surface area contributed by atoms with Gasteiger partial charge in [-0.25, -0.2) is 0 Å². The van der Waals surface area contributed by atoms with Crippen LogP contribution in [0.15, 0.2) is 48.5 Å². The van der Waals surface area contributed by atoms with Crippen molar-refractivity contribution in [2.75, 3.05) is 26.3 Å². The first-order chi connectivity index (χ1) is 14.0. The largest absolute Gasteiger partial charge is 0.379 e. The van der Waals surface area contributed by atoms with Crippen LogP contribution in [0, 0.1) is 26.2 Å². The molecule has 1 saturated heterocycles. The Hall–Kier alpha value is -2.69. The maximum Gasteiger partial charge on any atom is 0.0705 e. The van der Waals surface area contributed by atoms with E-state index in [1.165, 1.54) is 22.3 Å². The summed E-state index contributed by atoms with van der Waals surface area (Å²) in [6.07, 6.45) is 0. The first kappa shape index (κ1) is 19.6. The van der Waals surface area contributed by atoms with Gasteiger partial charge >= 0.3 is 0 Å². The van der Waals surface area contributed by atoms with Crippen molar-refractivity contribution in [1.82, 2.24) is 9.88 Å². The van der Waals surface area contributed by atoms with Crippen LogP contribution in [0.2, 0.25) is 0 Å². The van der Waals surface area contributed by atoms with Crippen LogP contribution in [-0.2, 0) is 11.3 Å². The number of hydrogen-bond donors (Lipinski definition) is 2. The summed E-state index contributed by atoms with van der Waals surface area (Å²) < 4.78 is 5.45. The number of H-pyrrole nitrogens is 1. The Balaban J connectivity index is 1.60. The maximum absolute atomic E-state index is 8.80. The lowest BCUT2D eigenvalue weighted by Gasteiger charge is -2.26. The van der Waals surface area contributed by atoms with Crippen molar-refractivity contribution in [2.45, 2.75) is 27.3 Å². The molecule has 1 aliphatic heterocycles. The molecule has 1 fully saturated rings. The van der Waals surface area contributed by atoms with Crippen molar-refractivity contribution in [3.05, 3.63) is 82.0 Å². The van der Waals surface area contributed by atoms with E-state index < -0.39 is 0 Å². The zero-order valence-corrected chi connectivity index (χ0v) is 17.5. The lowest BCUT2D eigenvalue weighted by molar-refractivity contribution is 0.0342. The van der Waals surface area contributed by atoms with E-state index in [0.717, 1.165) is 55.4 Å². The molecule has 0 aliphatic carbocycles. The van der Waals surface area contributed by atoms with Crippen molar-refractivity contribution in [3.63, 3.8) is 0 Å². The normalized spacial score (nSPS) is 14.9. The third-order valence-electron chi connectivity index (χ3n) is 5.91. The Labute approximate surface area is 173 Å². The quantitative estimate of drug-likeness (QED) is 0.615. The van der Waals surface area contributed by atoms with E-state index in [-0.39, 0.29) is 0 Å². The zero-order chi connectivity index (χ0) is 20.4. The van der Waals surface area contributed by atoms with E-state index in [1.807, 2.05) is 12.1 Å². The fourth-order valence-corrected chi connectivity index (χ4v) is 3.99. The molecule has 1 aliphatic rings. The summed E-state index contributed by atoms with van der Waals surface area (Å²) in [6.45, 7) is 10.8. The molecule has 150 valence electrons. The molecular formula is C25H29N3O. The van der Waals surface area contributed by atoms with E-state index in [1.54, 1.807) is 0 Å². The summed E-state index contributed by atoms with van der Waals surface area (Å²) in [5, 5.41) is 8.80. The second-order valence-electron chi connectivity index (χ2n) is 7.93. The van der Waals surface area contributed by atoms with Gasteiger partial charge in [0.15, 0.2) is 0 Å². The number of aromatic nitrogens is 1. The molecule has 0 radical (unpaired) electrons. The molecule has 2 N–H and O–H groups in total. The topological polar surface area (TPSA) is 52.1 Å². The monoisotopic (exact) mass is 387 g/mol. The van der Waals surface area contributed by atoms with Gasteiger partial charge in [0.2, 0.25) is 0 Å². The third kappa shape index (κ3) is 4.19. The number of aromatic amines is 1. The minimum atomic E-state index is 0.579. The van der Waals surface area contributed by atoms with Crippen LogP contribution in [0.5, 0.6) is 0 Å². The van der Waals surface area contributed by atoms with Gasteiger partial charge in [0, 0.05) is 42.1 Å². The molecule has 0 saturated carbocycles. The van der Waals surface area contributed by atoms with Gasteiger partial charge in [-0.05, 0) is 55.2 Å². The second kappa shape index (κ2) is 8.36. The number of morpholine rings is 1. The molecule has 4 heteroatoms.